The van der Waals surface area contributed by atoms with Gasteiger partial charge in [0.25, 0.3) is 5.91 Å². The number of anilines is 1. The van der Waals surface area contributed by atoms with E-state index in [1.165, 1.54) is 11.9 Å². The van der Waals surface area contributed by atoms with Gasteiger partial charge in [-0.15, -0.1) is 0 Å². The minimum absolute atomic E-state index is 0.170. The summed E-state index contributed by atoms with van der Waals surface area (Å²) in [4.78, 5) is 50.4. The summed E-state index contributed by atoms with van der Waals surface area (Å²) < 4.78 is 73.2. The first kappa shape index (κ1) is 28.8. The van der Waals surface area contributed by atoms with Crippen molar-refractivity contribution in [3.63, 3.8) is 0 Å². The second-order valence-corrected chi connectivity index (χ2v) is 7.42. The maximum absolute atomic E-state index is 12.5. The highest BCUT2D eigenvalue weighted by Gasteiger charge is 2.38. The van der Waals surface area contributed by atoms with Gasteiger partial charge >= 0.3 is 24.4 Å². The van der Waals surface area contributed by atoms with Gasteiger partial charge in [-0.3, -0.25) is 14.9 Å². The van der Waals surface area contributed by atoms with Gasteiger partial charge in [-0.25, -0.2) is 19.5 Å². The van der Waals surface area contributed by atoms with Crippen LogP contribution in [0.2, 0.25) is 0 Å². The van der Waals surface area contributed by atoms with Crippen molar-refractivity contribution in [1.82, 2.24) is 20.1 Å². The summed E-state index contributed by atoms with van der Waals surface area (Å²) in [6.45, 7) is 0.0234. The summed E-state index contributed by atoms with van der Waals surface area (Å²) >= 11 is 0. The number of alkyl halides is 6. The van der Waals surface area contributed by atoms with E-state index in [0.717, 1.165) is 41.7 Å². The maximum Gasteiger partial charge on any atom is 0.416 e. The Kier molecular flexibility index (Phi) is 8.63. The zero-order valence-electron chi connectivity index (χ0n) is 19.0. The molecule has 0 unspecified atom stereocenters. The highest BCUT2D eigenvalue weighted by molar-refractivity contribution is 6.19. The van der Waals surface area contributed by atoms with Crippen LogP contribution in [0.15, 0.2) is 42.9 Å². The standard InChI is InChI=1S/C10H8F3N3O2.C6H4F3NO.C4H6N2O2/c1-15-5-8(17)16(9(15)18)7-4-6(2-3-14-7)10(11,12)13;7-6(8,9)5-1-3-10(11)4-2-5;1-6-2-3(7)5-4(6)8/h2-4H,5H2,1H3;1-4H;2H2,1H3,(H,5,7,8). The number of hydrogen-bond acceptors (Lipinski definition) is 6. The number of nitrogens with one attached hydrogen (secondary N) is 1. The van der Waals surface area contributed by atoms with E-state index < -0.39 is 35.4 Å². The van der Waals surface area contributed by atoms with Crippen LogP contribution in [0.4, 0.5) is 41.7 Å². The SMILES string of the molecule is CN1CC(=O)N(c2cc(C(F)(F)F)ccn2)C1=O.CN1CC(=O)NC1=O.[O-][n+]1ccc(C(F)(F)F)cc1. The third-order valence-electron chi connectivity index (χ3n) is 4.54. The Morgan fingerprint density at radius 3 is 1.84 bits per heavy atom. The molecule has 0 spiro atoms. The number of imide groups is 2. The molecule has 1 N–H and O–H groups in total. The van der Waals surface area contributed by atoms with Crippen molar-refractivity contribution in [3.05, 3.63) is 59.2 Å². The van der Waals surface area contributed by atoms with E-state index in [9.17, 15) is 50.7 Å². The zero-order chi connectivity index (χ0) is 28.1. The van der Waals surface area contributed by atoms with Gasteiger partial charge in [-0.2, -0.15) is 31.1 Å². The Balaban J connectivity index is 0.000000215. The number of rotatable bonds is 1. The maximum atomic E-state index is 12.5. The molecule has 0 aliphatic carbocycles. The number of likely N-dealkylation sites (N-methyl/N-ethyl adjacent to an activating group) is 2. The number of amides is 6. The average molecular weight is 536 g/mol. The van der Waals surface area contributed by atoms with E-state index in [2.05, 4.69) is 10.3 Å². The molecule has 17 heteroatoms. The van der Waals surface area contributed by atoms with Crippen molar-refractivity contribution in [2.24, 2.45) is 0 Å². The molecule has 2 fully saturated rings. The van der Waals surface area contributed by atoms with Crippen molar-refractivity contribution in [2.45, 2.75) is 12.4 Å². The van der Waals surface area contributed by atoms with Gasteiger partial charge in [0.05, 0.1) is 11.1 Å². The van der Waals surface area contributed by atoms with Gasteiger partial charge in [0, 0.05) is 32.4 Å². The first-order valence-electron chi connectivity index (χ1n) is 9.93. The lowest BCUT2D eigenvalue weighted by Gasteiger charge is -2.14. The first-order valence-corrected chi connectivity index (χ1v) is 9.93. The lowest BCUT2D eigenvalue weighted by Crippen LogP contribution is -2.32. The van der Waals surface area contributed by atoms with Crippen LogP contribution in [0.5, 0.6) is 0 Å². The summed E-state index contributed by atoms with van der Waals surface area (Å²) in [5, 5.41) is 12.4. The smallest absolute Gasteiger partial charge is 0.416 e. The van der Waals surface area contributed by atoms with Crippen molar-refractivity contribution in [2.75, 3.05) is 32.1 Å². The predicted octanol–water partition coefficient (Wildman–Crippen LogP) is 2.01. The molecule has 2 saturated heterocycles. The predicted molar refractivity (Wildman–Crippen MR) is 111 cm³/mol. The molecule has 2 aliphatic heterocycles. The fourth-order valence-electron chi connectivity index (χ4n) is 2.70. The van der Waals surface area contributed by atoms with Crippen LogP contribution in [0, 0.1) is 5.21 Å². The summed E-state index contributed by atoms with van der Waals surface area (Å²) in [6, 6.07) is 1.91. The fraction of sp³-hybridized carbons (Fsp3) is 0.300. The summed E-state index contributed by atoms with van der Waals surface area (Å²) in [5.41, 5.74) is -1.77. The van der Waals surface area contributed by atoms with E-state index in [0.29, 0.717) is 15.7 Å². The van der Waals surface area contributed by atoms with Gasteiger partial charge in [0.15, 0.2) is 12.4 Å². The molecule has 2 aliphatic rings. The van der Waals surface area contributed by atoms with E-state index >= 15 is 0 Å². The van der Waals surface area contributed by atoms with Crippen molar-refractivity contribution in [1.29, 1.82) is 0 Å². The van der Waals surface area contributed by atoms with E-state index in [1.807, 2.05) is 0 Å². The van der Waals surface area contributed by atoms with Crippen molar-refractivity contribution < 1.29 is 50.3 Å². The van der Waals surface area contributed by atoms with E-state index in [1.54, 1.807) is 7.05 Å². The highest BCUT2D eigenvalue weighted by Crippen LogP contribution is 2.31. The molecule has 2 aromatic heterocycles. The highest BCUT2D eigenvalue weighted by atomic mass is 19.4. The number of hydrogen-bond donors (Lipinski definition) is 1. The molecule has 37 heavy (non-hydrogen) atoms. The molecular weight excluding hydrogens is 518 g/mol. The molecule has 0 bridgehead atoms. The Morgan fingerprint density at radius 1 is 0.892 bits per heavy atom. The molecule has 2 aromatic rings. The molecule has 0 atom stereocenters. The van der Waals surface area contributed by atoms with Crippen molar-refractivity contribution in [3.8, 4) is 0 Å². The minimum atomic E-state index is -4.55. The normalized spacial score (nSPS) is 15.7. The van der Waals surface area contributed by atoms with Gasteiger partial charge in [0.1, 0.15) is 18.9 Å². The Bertz CT molecular complexity index is 1170. The number of pyridine rings is 2. The zero-order valence-corrected chi connectivity index (χ0v) is 19.0. The largest absolute Gasteiger partial charge is 0.619 e. The lowest BCUT2D eigenvalue weighted by atomic mass is 10.2. The Morgan fingerprint density at radius 2 is 1.46 bits per heavy atom. The third kappa shape index (κ3) is 7.77. The van der Waals surface area contributed by atoms with Crippen LogP contribution >= 0.6 is 0 Å². The second kappa shape index (κ2) is 11.1. The van der Waals surface area contributed by atoms with Crippen LogP contribution in [0.3, 0.4) is 0 Å². The third-order valence-corrected chi connectivity index (χ3v) is 4.54. The van der Waals surface area contributed by atoms with Crippen molar-refractivity contribution >= 4 is 29.7 Å². The van der Waals surface area contributed by atoms with Crippen LogP contribution in [0.25, 0.3) is 0 Å². The molecule has 0 aromatic carbocycles. The number of aromatic nitrogens is 2. The summed E-state index contributed by atoms with van der Waals surface area (Å²) in [5.74, 6) is -1.14. The molecule has 0 radical (unpaired) electrons. The first-order chi connectivity index (χ1) is 17.0. The van der Waals surface area contributed by atoms with Crippen LogP contribution in [-0.4, -0.2) is 65.8 Å². The number of nitrogens with zero attached hydrogens (tertiary/aromatic N) is 5. The monoisotopic (exact) mass is 536 g/mol. The topological polar surface area (TPSA) is 130 Å². The molecule has 200 valence electrons. The molecule has 0 saturated carbocycles. The lowest BCUT2D eigenvalue weighted by molar-refractivity contribution is -0.605. The Hall–Kier alpha value is -4.44. The number of carbonyl (C=O) groups excluding carboxylic acids is 4. The van der Waals surface area contributed by atoms with Gasteiger partial charge in [-0.05, 0) is 12.1 Å². The quantitative estimate of drug-likeness (QED) is 0.257. The van der Waals surface area contributed by atoms with Crippen LogP contribution < -0.4 is 14.9 Å². The molecule has 4 heterocycles. The Labute approximate surface area is 204 Å². The van der Waals surface area contributed by atoms with Gasteiger partial charge < -0.3 is 15.0 Å². The minimum Gasteiger partial charge on any atom is -0.619 e. The molecule has 6 amide bonds. The molecule has 4 rings (SSSR count). The number of urea groups is 2. The number of carbonyl (C=O) groups is 4. The fourth-order valence-corrected chi connectivity index (χ4v) is 2.70. The van der Waals surface area contributed by atoms with Crippen LogP contribution in [0.1, 0.15) is 11.1 Å². The summed E-state index contributed by atoms with van der Waals surface area (Å²) in [6.07, 6.45) is -6.38. The molecule has 11 nitrogen and oxygen atoms in total. The molecular formula is C20H18F6N6O5. The second-order valence-electron chi connectivity index (χ2n) is 7.42. The average Bonchev–Trinajstić information content (AvgIpc) is 3.22. The van der Waals surface area contributed by atoms with Gasteiger partial charge in [-0.1, -0.05) is 0 Å². The summed E-state index contributed by atoms with van der Waals surface area (Å²) in [7, 11) is 2.95. The van der Waals surface area contributed by atoms with Gasteiger partial charge in [0.2, 0.25) is 5.91 Å². The number of halogens is 6. The van der Waals surface area contributed by atoms with Crippen LogP contribution in [-0.2, 0) is 21.9 Å². The van der Waals surface area contributed by atoms with E-state index in [4.69, 9.17) is 0 Å². The van der Waals surface area contributed by atoms with E-state index in [-0.39, 0.29) is 30.8 Å².